The predicted molar refractivity (Wildman–Crippen MR) is 72.4 cm³/mol. The molecule has 0 aliphatic heterocycles. The Morgan fingerprint density at radius 3 is 2.65 bits per heavy atom. The summed E-state index contributed by atoms with van der Waals surface area (Å²) in [7, 11) is 0. The summed E-state index contributed by atoms with van der Waals surface area (Å²) in [5.41, 5.74) is 1.02. The molecule has 1 rings (SSSR count). The van der Waals surface area contributed by atoms with Crippen LogP contribution in [0.5, 0.6) is 0 Å². The Morgan fingerprint density at radius 1 is 1.41 bits per heavy atom. The third-order valence-corrected chi connectivity index (χ3v) is 4.20. The lowest BCUT2D eigenvalue weighted by atomic mass is 10.3. The average Bonchev–Trinajstić information content (AvgIpc) is 2.64. The molecule has 17 heavy (non-hydrogen) atoms. The third kappa shape index (κ3) is 4.47. The van der Waals surface area contributed by atoms with Gasteiger partial charge in [0.05, 0.1) is 15.2 Å². The first-order chi connectivity index (χ1) is 8.04. The van der Waals surface area contributed by atoms with Crippen LogP contribution in [0.15, 0.2) is 9.85 Å². The van der Waals surface area contributed by atoms with Gasteiger partial charge in [-0.1, -0.05) is 6.92 Å². The Labute approximate surface area is 113 Å². The van der Waals surface area contributed by atoms with E-state index in [2.05, 4.69) is 26.6 Å². The molecule has 0 unspecified atom stereocenters. The van der Waals surface area contributed by atoms with Gasteiger partial charge in [-0.25, -0.2) is 0 Å². The molecule has 0 radical (unpaired) electrons. The quantitative estimate of drug-likeness (QED) is 0.873. The van der Waals surface area contributed by atoms with Crippen molar-refractivity contribution in [3.8, 4) is 0 Å². The van der Waals surface area contributed by atoms with Crippen molar-refractivity contribution in [3.63, 3.8) is 0 Å². The number of carbonyl (C=O) groups excluding carboxylic acids is 2. The number of rotatable bonds is 5. The van der Waals surface area contributed by atoms with Crippen molar-refractivity contribution in [2.45, 2.75) is 20.3 Å². The van der Waals surface area contributed by atoms with Gasteiger partial charge < -0.3 is 10.6 Å². The average molecular weight is 319 g/mol. The van der Waals surface area contributed by atoms with Gasteiger partial charge in [0.15, 0.2) is 0 Å². The fourth-order valence-electron chi connectivity index (χ4n) is 1.15. The fraction of sp³-hybridized carbons (Fsp3) is 0.455. The number of carbonyl (C=O) groups is 2. The molecule has 2 N–H and O–H groups in total. The van der Waals surface area contributed by atoms with Crippen molar-refractivity contribution in [1.29, 1.82) is 0 Å². The van der Waals surface area contributed by atoms with Crippen molar-refractivity contribution >= 4 is 39.1 Å². The van der Waals surface area contributed by atoms with E-state index in [1.165, 1.54) is 11.3 Å². The second-order valence-electron chi connectivity index (χ2n) is 3.60. The van der Waals surface area contributed by atoms with Crippen molar-refractivity contribution in [2.24, 2.45) is 0 Å². The van der Waals surface area contributed by atoms with Crippen LogP contribution >= 0.6 is 27.3 Å². The number of aryl methyl sites for hydroxylation is 1. The topological polar surface area (TPSA) is 58.2 Å². The number of thiophene rings is 1. The third-order valence-electron chi connectivity index (χ3n) is 2.06. The lowest BCUT2D eigenvalue weighted by Gasteiger charge is -2.04. The van der Waals surface area contributed by atoms with E-state index < -0.39 is 0 Å². The first-order valence-electron chi connectivity index (χ1n) is 5.35. The number of hydrogen-bond donors (Lipinski definition) is 2. The molecule has 0 aliphatic carbocycles. The summed E-state index contributed by atoms with van der Waals surface area (Å²) in [5.74, 6) is -0.372. The molecule has 2 amide bonds. The molecule has 0 spiro atoms. The number of nitrogens with one attached hydrogen (secondary N) is 2. The SMILES string of the molecule is CCCNC(=O)CNC(=O)c1cc(C)c(Br)s1. The van der Waals surface area contributed by atoms with Crippen LogP contribution in [0.25, 0.3) is 0 Å². The summed E-state index contributed by atoms with van der Waals surface area (Å²) < 4.78 is 0.943. The largest absolute Gasteiger partial charge is 0.355 e. The molecule has 94 valence electrons. The van der Waals surface area contributed by atoms with Crippen LogP contribution in [0.1, 0.15) is 28.6 Å². The molecule has 1 aromatic heterocycles. The van der Waals surface area contributed by atoms with E-state index in [0.29, 0.717) is 11.4 Å². The first kappa shape index (κ1) is 14.2. The molecule has 0 fully saturated rings. The van der Waals surface area contributed by atoms with Gasteiger partial charge in [0.2, 0.25) is 5.91 Å². The van der Waals surface area contributed by atoms with Crippen LogP contribution < -0.4 is 10.6 Å². The zero-order valence-corrected chi connectivity index (χ0v) is 12.2. The number of amides is 2. The van der Waals surface area contributed by atoms with Gasteiger partial charge in [-0.15, -0.1) is 11.3 Å². The van der Waals surface area contributed by atoms with E-state index >= 15 is 0 Å². The number of halogens is 1. The zero-order valence-electron chi connectivity index (χ0n) is 9.80. The maximum atomic E-state index is 11.7. The van der Waals surface area contributed by atoms with Gasteiger partial charge in [0.25, 0.3) is 5.91 Å². The molecule has 1 aromatic rings. The summed E-state index contributed by atoms with van der Waals surface area (Å²) in [4.78, 5) is 23.6. The second kappa shape index (κ2) is 6.76. The molecule has 0 aliphatic rings. The Morgan fingerprint density at radius 2 is 2.12 bits per heavy atom. The summed E-state index contributed by atoms with van der Waals surface area (Å²) in [6.07, 6.45) is 0.886. The van der Waals surface area contributed by atoms with Crippen molar-refractivity contribution in [3.05, 3.63) is 20.3 Å². The van der Waals surface area contributed by atoms with Gasteiger partial charge in [-0.05, 0) is 40.9 Å². The van der Waals surface area contributed by atoms with E-state index in [1.54, 1.807) is 6.07 Å². The molecular formula is C11H15BrN2O2S. The molecule has 0 saturated carbocycles. The van der Waals surface area contributed by atoms with Crippen LogP contribution in [0, 0.1) is 6.92 Å². The highest BCUT2D eigenvalue weighted by atomic mass is 79.9. The van der Waals surface area contributed by atoms with Gasteiger partial charge in [0, 0.05) is 6.54 Å². The molecule has 0 saturated heterocycles. The van der Waals surface area contributed by atoms with Crippen LogP contribution in [-0.2, 0) is 4.79 Å². The predicted octanol–water partition coefficient (Wildman–Crippen LogP) is 2.08. The maximum absolute atomic E-state index is 11.7. The van der Waals surface area contributed by atoms with Crippen LogP contribution in [0.4, 0.5) is 0 Å². The fourth-order valence-corrected chi connectivity index (χ4v) is 2.60. The summed E-state index contributed by atoms with van der Waals surface area (Å²) >= 11 is 4.72. The lowest BCUT2D eigenvalue weighted by molar-refractivity contribution is -0.120. The van der Waals surface area contributed by atoms with E-state index in [0.717, 1.165) is 15.8 Å². The number of hydrogen-bond acceptors (Lipinski definition) is 3. The molecule has 1 heterocycles. The Balaban J connectivity index is 2.42. The molecular weight excluding hydrogens is 304 g/mol. The van der Waals surface area contributed by atoms with E-state index in [1.807, 2.05) is 13.8 Å². The van der Waals surface area contributed by atoms with Crippen LogP contribution in [0.2, 0.25) is 0 Å². The summed E-state index contributed by atoms with van der Waals surface area (Å²) in [6.45, 7) is 4.56. The molecule has 0 aromatic carbocycles. The second-order valence-corrected chi connectivity index (χ2v) is 5.97. The lowest BCUT2D eigenvalue weighted by Crippen LogP contribution is -2.36. The normalized spacial score (nSPS) is 10.1. The molecule has 4 nitrogen and oxygen atoms in total. The standard InChI is InChI=1S/C11H15BrN2O2S/c1-3-4-13-9(15)6-14-11(16)8-5-7(2)10(12)17-8/h5H,3-4,6H2,1-2H3,(H,13,15)(H,14,16). The first-order valence-corrected chi connectivity index (χ1v) is 6.96. The minimum absolute atomic E-state index is 0.0212. The minimum Gasteiger partial charge on any atom is -0.355 e. The minimum atomic E-state index is -0.213. The van der Waals surface area contributed by atoms with E-state index in [-0.39, 0.29) is 18.4 Å². The monoisotopic (exact) mass is 318 g/mol. The molecule has 6 heteroatoms. The van der Waals surface area contributed by atoms with Gasteiger partial charge in [0.1, 0.15) is 0 Å². The zero-order chi connectivity index (χ0) is 12.8. The van der Waals surface area contributed by atoms with Crippen molar-refractivity contribution in [2.75, 3.05) is 13.1 Å². The Hall–Kier alpha value is -0.880. The highest BCUT2D eigenvalue weighted by Gasteiger charge is 2.11. The highest BCUT2D eigenvalue weighted by molar-refractivity contribution is 9.11. The van der Waals surface area contributed by atoms with Crippen LogP contribution in [0.3, 0.4) is 0 Å². The molecule has 0 bridgehead atoms. The van der Waals surface area contributed by atoms with Gasteiger partial charge in [-0.2, -0.15) is 0 Å². The van der Waals surface area contributed by atoms with Crippen molar-refractivity contribution < 1.29 is 9.59 Å². The smallest absolute Gasteiger partial charge is 0.261 e. The molecule has 0 atom stereocenters. The van der Waals surface area contributed by atoms with E-state index in [9.17, 15) is 9.59 Å². The Kier molecular flexibility index (Phi) is 5.64. The van der Waals surface area contributed by atoms with Gasteiger partial charge in [-0.3, -0.25) is 9.59 Å². The van der Waals surface area contributed by atoms with Crippen LogP contribution in [-0.4, -0.2) is 24.9 Å². The van der Waals surface area contributed by atoms with Gasteiger partial charge >= 0.3 is 0 Å². The highest BCUT2D eigenvalue weighted by Crippen LogP contribution is 2.26. The maximum Gasteiger partial charge on any atom is 0.261 e. The summed E-state index contributed by atoms with van der Waals surface area (Å²) in [6, 6.07) is 1.80. The van der Waals surface area contributed by atoms with E-state index in [4.69, 9.17) is 0 Å². The summed E-state index contributed by atoms with van der Waals surface area (Å²) in [5, 5.41) is 5.28. The Bertz CT molecular complexity index is 398. The van der Waals surface area contributed by atoms with Crippen molar-refractivity contribution in [1.82, 2.24) is 10.6 Å².